The average Bonchev–Trinajstić information content (AvgIpc) is 3.32. The van der Waals surface area contributed by atoms with E-state index in [9.17, 15) is 9.59 Å². The molecular weight excluding hydrogens is 436 g/mol. The summed E-state index contributed by atoms with van der Waals surface area (Å²) in [4.78, 5) is 26.1. The van der Waals surface area contributed by atoms with E-state index in [1.165, 1.54) is 11.1 Å². The molecule has 2 aliphatic carbocycles. The molecule has 2 unspecified atom stereocenters. The first-order valence-corrected chi connectivity index (χ1v) is 14.7. The summed E-state index contributed by atoms with van der Waals surface area (Å²) in [6.07, 6.45) is 7.34. The average molecular weight is 464 g/mol. The summed E-state index contributed by atoms with van der Waals surface area (Å²) in [5.41, 5.74) is 7.01. The fourth-order valence-corrected chi connectivity index (χ4v) is 12.7. The molecule has 4 nitrogen and oxygen atoms in total. The number of carbonyl (C=O) groups excluding carboxylic acids is 2. The summed E-state index contributed by atoms with van der Waals surface area (Å²) < 4.78 is 12.8. The van der Waals surface area contributed by atoms with Crippen LogP contribution in [0.4, 0.5) is 0 Å². The van der Waals surface area contributed by atoms with E-state index in [2.05, 4.69) is 36.4 Å². The summed E-state index contributed by atoms with van der Waals surface area (Å²) in [5.74, 6) is -0.489. The van der Waals surface area contributed by atoms with Crippen LogP contribution in [0, 0.1) is 0 Å². The molecule has 1 fully saturated rings. The molecule has 0 bridgehead atoms. The predicted octanol–water partition coefficient (Wildman–Crippen LogP) is 6.34. The first-order chi connectivity index (χ1) is 15.6. The van der Waals surface area contributed by atoms with Crippen molar-refractivity contribution in [3.8, 4) is 0 Å². The molecule has 164 valence electrons. The van der Waals surface area contributed by atoms with Gasteiger partial charge in [-0.05, 0) is 0 Å². The van der Waals surface area contributed by atoms with Gasteiger partial charge in [0.15, 0.2) is 0 Å². The molecule has 2 atom stereocenters. The van der Waals surface area contributed by atoms with Gasteiger partial charge in [-0.3, -0.25) is 0 Å². The molecule has 0 aromatic heterocycles. The molecule has 1 heterocycles. The van der Waals surface area contributed by atoms with Crippen LogP contribution in [0.2, 0.25) is 0 Å². The van der Waals surface area contributed by atoms with Gasteiger partial charge in [0.1, 0.15) is 0 Å². The topological polar surface area (TPSA) is 52.6 Å². The third kappa shape index (κ3) is 3.41. The summed E-state index contributed by atoms with van der Waals surface area (Å²) in [7, 11) is 0. The molecule has 1 saturated heterocycles. The molecule has 32 heavy (non-hydrogen) atoms. The van der Waals surface area contributed by atoms with Gasteiger partial charge in [0.05, 0.1) is 0 Å². The summed E-state index contributed by atoms with van der Waals surface area (Å²) >= 11 is -4.20. The minimum absolute atomic E-state index is 0.124. The van der Waals surface area contributed by atoms with Crippen LogP contribution < -0.4 is 0 Å². The summed E-state index contributed by atoms with van der Waals surface area (Å²) in [6, 6.07) is 16.5. The van der Waals surface area contributed by atoms with Crippen LogP contribution in [0.1, 0.15) is 76.7 Å². The predicted molar refractivity (Wildman–Crippen MR) is 121 cm³/mol. The molecule has 5 heteroatoms. The molecule has 2 aromatic carbocycles. The van der Waals surface area contributed by atoms with Crippen molar-refractivity contribution in [3.05, 3.63) is 81.9 Å². The van der Waals surface area contributed by atoms with Crippen LogP contribution in [0.5, 0.6) is 0 Å². The molecule has 0 N–H and O–H groups in total. The normalized spacial score (nSPS) is 21.4. The number of benzene rings is 2. The van der Waals surface area contributed by atoms with E-state index in [0.29, 0.717) is 25.7 Å². The molecule has 5 rings (SSSR count). The van der Waals surface area contributed by atoms with Gasteiger partial charge in [-0.25, -0.2) is 0 Å². The quantitative estimate of drug-likeness (QED) is 0.469. The summed E-state index contributed by atoms with van der Waals surface area (Å²) in [5, 5.41) is 0. The van der Waals surface area contributed by atoms with Crippen LogP contribution in [0.15, 0.2) is 59.7 Å². The van der Waals surface area contributed by atoms with E-state index in [0.717, 1.165) is 28.7 Å². The molecule has 0 amide bonds. The summed E-state index contributed by atoms with van der Waals surface area (Å²) in [6.45, 7) is 3.94. The Labute approximate surface area is 193 Å². The molecule has 0 radical (unpaired) electrons. The van der Waals surface area contributed by atoms with E-state index >= 15 is 0 Å². The number of hydrogen-bond acceptors (Lipinski definition) is 4. The Morgan fingerprint density at radius 1 is 0.781 bits per heavy atom. The zero-order valence-corrected chi connectivity index (χ0v) is 20.2. The number of allylic oxidation sites excluding steroid dienone is 2. The second kappa shape index (κ2) is 8.49. The maximum atomic E-state index is 13.1. The van der Waals surface area contributed by atoms with Gasteiger partial charge in [-0.1, -0.05) is 0 Å². The Morgan fingerprint density at radius 2 is 1.22 bits per heavy atom. The zero-order valence-electron chi connectivity index (χ0n) is 18.6. The minimum atomic E-state index is -4.20. The molecule has 0 spiro atoms. The number of hydrogen-bond donors (Lipinski definition) is 0. The Kier molecular flexibility index (Phi) is 5.69. The third-order valence-corrected chi connectivity index (χ3v) is 13.1. The standard InChI is InChI=1S/C19H14.2C4H8O2.Ti/c1-2-6-17-11-14(10-16(17)5-1)9-15-12-18-7-3-4-8-19(18)13-15;2*1-2-3-4(5)6;/h1-8,10-13H,9H2;2*2-3H2,1H3,(H,5,6);/q;;;+2/p-2. The Balaban J connectivity index is 1.73. The second-order valence-corrected chi connectivity index (χ2v) is 13.6. The van der Waals surface area contributed by atoms with E-state index < -0.39 is 17.4 Å². The van der Waals surface area contributed by atoms with Crippen molar-refractivity contribution in [3.63, 3.8) is 0 Å². The van der Waals surface area contributed by atoms with E-state index in [4.69, 9.17) is 6.64 Å². The van der Waals surface area contributed by atoms with Gasteiger partial charge < -0.3 is 0 Å². The van der Waals surface area contributed by atoms with Crippen LogP contribution in [0.25, 0.3) is 12.2 Å². The Morgan fingerprint density at radius 3 is 1.66 bits per heavy atom. The number of carbonyl (C=O) groups is 2. The maximum absolute atomic E-state index is 13.1. The molecular formula is C27H28O4Ti. The molecule has 3 aliphatic rings. The number of fused-ring (bicyclic) bond motifs is 6. The van der Waals surface area contributed by atoms with Gasteiger partial charge in [0.2, 0.25) is 0 Å². The van der Waals surface area contributed by atoms with E-state index in [-0.39, 0.29) is 20.4 Å². The van der Waals surface area contributed by atoms with Crippen molar-refractivity contribution in [1.82, 2.24) is 0 Å². The van der Waals surface area contributed by atoms with E-state index in [1.54, 1.807) is 0 Å². The van der Waals surface area contributed by atoms with Crippen molar-refractivity contribution >= 4 is 24.1 Å². The SMILES string of the molecule is CCCC(=O)[O][Ti]1([O]C(=O)CCC)[CH]2C(=Cc3ccccc32)CC2=Cc3ccccc3[CH]21. The van der Waals surface area contributed by atoms with Crippen molar-refractivity contribution < 1.29 is 33.6 Å². The first-order valence-electron chi connectivity index (χ1n) is 11.6. The second-order valence-electron chi connectivity index (χ2n) is 8.91. The Hall–Kier alpha value is -2.43. The first kappa shape index (κ1) is 21.4. The van der Waals surface area contributed by atoms with E-state index in [1.807, 2.05) is 38.1 Å². The fraction of sp³-hybridized carbons (Fsp3) is 0.333. The van der Waals surface area contributed by atoms with Crippen LogP contribution >= 0.6 is 0 Å². The zero-order chi connectivity index (χ0) is 22.3. The van der Waals surface area contributed by atoms with Crippen LogP contribution in [-0.4, -0.2) is 11.9 Å². The van der Waals surface area contributed by atoms with Gasteiger partial charge in [-0.2, -0.15) is 0 Å². The van der Waals surface area contributed by atoms with Crippen molar-refractivity contribution in [2.75, 3.05) is 0 Å². The van der Waals surface area contributed by atoms with Gasteiger partial charge in [0, 0.05) is 0 Å². The van der Waals surface area contributed by atoms with Crippen molar-refractivity contribution in [1.29, 1.82) is 0 Å². The van der Waals surface area contributed by atoms with Gasteiger partial charge >= 0.3 is 194 Å². The molecule has 2 aromatic rings. The van der Waals surface area contributed by atoms with Crippen LogP contribution in [0.3, 0.4) is 0 Å². The Bertz CT molecular complexity index is 1060. The monoisotopic (exact) mass is 464 g/mol. The number of rotatable bonds is 6. The van der Waals surface area contributed by atoms with Gasteiger partial charge in [-0.15, -0.1) is 0 Å². The molecule has 1 aliphatic heterocycles. The third-order valence-electron chi connectivity index (χ3n) is 6.71. The van der Waals surface area contributed by atoms with Gasteiger partial charge in [0.25, 0.3) is 0 Å². The van der Waals surface area contributed by atoms with Crippen molar-refractivity contribution in [2.45, 2.75) is 54.4 Å². The molecule has 0 saturated carbocycles. The van der Waals surface area contributed by atoms with Crippen LogP contribution in [-0.2, 0) is 33.6 Å². The van der Waals surface area contributed by atoms with Crippen molar-refractivity contribution in [2.24, 2.45) is 0 Å². The fourth-order valence-electron chi connectivity index (χ4n) is 5.56.